The second-order valence-corrected chi connectivity index (χ2v) is 5.81. The summed E-state index contributed by atoms with van der Waals surface area (Å²) in [5.41, 5.74) is 5.54. The molecule has 0 aromatic heterocycles. The van der Waals surface area contributed by atoms with Crippen molar-refractivity contribution in [1.29, 1.82) is 0 Å². The van der Waals surface area contributed by atoms with Gasteiger partial charge in [0, 0.05) is 20.1 Å². The van der Waals surface area contributed by atoms with Crippen LogP contribution >= 0.6 is 0 Å². The van der Waals surface area contributed by atoms with E-state index in [-0.39, 0.29) is 11.3 Å². The lowest BCUT2D eigenvalue weighted by molar-refractivity contribution is -0.138. The number of guanidine groups is 1. The minimum atomic E-state index is -0.306. The summed E-state index contributed by atoms with van der Waals surface area (Å²) in [7, 11) is 3.63. The van der Waals surface area contributed by atoms with Crippen molar-refractivity contribution >= 4 is 11.9 Å². The molecule has 102 valence electrons. The lowest BCUT2D eigenvalue weighted by atomic mass is 9.85. The molecular formula is C13H24N4O. The van der Waals surface area contributed by atoms with E-state index < -0.39 is 0 Å². The molecule has 1 amide bonds. The van der Waals surface area contributed by atoms with Crippen molar-refractivity contribution in [2.45, 2.75) is 44.6 Å². The Morgan fingerprint density at radius 1 is 1.39 bits per heavy atom. The summed E-state index contributed by atoms with van der Waals surface area (Å²) < 4.78 is 0. The number of nitrogens with two attached hydrogens (primary N) is 1. The van der Waals surface area contributed by atoms with Gasteiger partial charge in [0.05, 0.1) is 12.0 Å². The summed E-state index contributed by atoms with van der Waals surface area (Å²) in [5.74, 6) is 0.693. The highest BCUT2D eigenvalue weighted by molar-refractivity contribution is 5.84. The number of amides is 1. The predicted octanol–water partition coefficient (Wildman–Crippen LogP) is 0.702. The SMILES string of the molecule is CN(C)C(=O)C1(CN=C(N)NC2CC2)CCCC1. The molecule has 0 aliphatic heterocycles. The summed E-state index contributed by atoms with van der Waals surface area (Å²) in [6, 6.07) is 0.512. The van der Waals surface area contributed by atoms with Crippen LogP contribution in [0.1, 0.15) is 38.5 Å². The Labute approximate surface area is 109 Å². The molecule has 0 heterocycles. The van der Waals surface area contributed by atoms with E-state index >= 15 is 0 Å². The van der Waals surface area contributed by atoms with E-state index in [1.54, 1.807) is 4.90 Å². The molecule has 5 nitrogen and oxygen atoms in total. The van der Waals surface area contributed by atoms with Crippen LogP contribution in [0.4, 0.5) is 0 Å². The van der Waals surface area contributed by atoms with Crippen molar-refractivity contribution in [2.24, 2.45) is 16.1 Å². The Kier molecular flexibility index (Phi) is 3.78. The van der Waals surface area contributed by atoms with Crippen molar-refractivity contribution in [3.63, 3.8) is 0 Å². The normalized spacial score (nSPS) is 22.9. The van der Waals surface area contributed by atoms with Gasteiger partial charge in [-0.25, -0.2) is 0 Å². The van der Waals surface area contributed by atoms with Crippen molar-refractivity contribution in [3.05, 3.63) is 0 Å². The van der Waals surface area contributed by atoms with Gasteiger partial charge in [0.25, 0.3) is 0 Å². The highest BCUT2D eigenvalue weighted by Gasteiger charge is 2.42. The van der Waals surface area contributed by atoms with Crippen LogP contribution in [0.2, 0.25) is 0 Å². The zero-order valence-electron chi connectivity index (χ0n) is 11.4. The molecule has 0 atom stereocenters. The van der Waals surface area contributed by atoms with Crippen LogP contribution in [0.25, 0.3) is 0 Å². The average molecular weight is 252 g/mol. The summed E-state index contributed by atoms with van der Waals surface area (Å²) in [6.07, 6.45) is 6.46. The topological polar surface area (TPSA) is 70.7 Å². The third-order valence-corrected chi connectivity index (χ3v) is 3.90. The third-order valence-electron chi connectivity index (χ3n) is 3.90. The molecule has 2 rings (SSSR count). The number of aliphatic imine (C=N–C) groups is 1. The quantitative estimate of drug-likeness (QED) is 0.571. The lowest BCUT2D eigenvalue weighted by Gasteiger charge is -2.29. The first-order valence-corrected chi connectivity index (χ1v) is 6.82. The van der Waals surface area contributed by atoms with E-state index in [1.807, 2.05) is 14.1 Å². The maximum absolute atomic E-state index is 12.3. The molecule has 0 saturated heterocycles. The highest BCUT2D eigenvalue weighted by atomic mass is 16.2. The van der Waals surface area contributed by atoms with Gasteiger partial charge < -0.3 is 16.0 Å². The summed E-state index contributed by atoms with van der Waals surface area (Å²) in [4.78, 5) is 18.4. The van der Waals surface area contributed by atoms with E-state index in [0.717, 1.165) is 25.7 Å². The number of carbonyl (C=O) groups is 1. The Morgan fingerprint density at radius 2 is 2.00 bits per heavy atom. The summed E-state index contributed by atoms with van der Waals surface area (Å²) >= 11 is 0. The van der Waals surface area contributed by atoms with Gasteiger partial charge in [0.15, 0.2) is 5.96 Å². The van der Waals surface area contributed by atoms with Gasteiger partial charge in [0.1, 0.15) is 0 Å². The number of rotatable bonds is 4. The minimum absolute atomic E-state index is 0.197. The van der Waals surface area contributed by atoms with E-state index in [1.165, 1.54) is 12.8 Å². The van der Waals surface area contributed by atoms with Crippen LogP contribution in [0, 0.1) is 5.41 Å². The molecule has 0 radical (unpaired) electrons. The summed E-state index contributed by atoms with van der Waals surface area (Å²) in [6.45, 7) is 0.523. The van der Waals surface area contributed by atoms with Gasteiger partial charge in [-0.1, -0.05) is 12.8 Å². The highest BCUT2D eigenvalue weighted by Crippen LogP contribution is 2.39. The number of nitrogens with zero attached hydrogens (tertiary/aromatic N) is 2. The van der Waals surface area contributed by atoms with Crippen LogP contribution in [0.5, 0.6) is 0 Å². The molecule has 0 spiro atoms. The molecular weight excluding hydrogens is 228 g/mol. The fourth-order valence-corrected chi connectivity index (χ4v) is 2.68. The Bertz CT molecular complexity index is 341. The number of hydrogen-bond acceptors (Lipinski definition) is 2. The standard InChI is InChI=1S/C13H24N4O/c1-17(2)11(18)13(7-3-4-8-13)9-15-12(14)16-10-5-6-10/h10H,3-9H2,1-2H3,(H3,14,15,16). The van der Waals surface area contributed by atoms with Gasteiger partial charge in [-0.3, -0.25) is 9.79 Å². The van der Waals surface area contributed by atoms with Gasteiger partial charge in [-0.15, -0.1) is 0 Å². The van der Waals surface area contributed by atoms with Crippen LogP contribution in [0.15, 0.2) is 4.99 Å². The fourth-order valence-electron chi connectivity index (χ4n) is 2.68. The van der Waals surface area contributed by atoms with Crippen molar-refractivity contribution in [3.8, 4) is 0 Å². The van der Waals surface area contributed by atoms with Crippen LogP contribution in [-0.2, 0) is 4.79 Å². The number of carbonyl (C=O) groups excluding carboxylic acids is 1. The van der Waals surface area contributed by atoms with Gasteiger partial charge in [-0.2, -0.15) is 0 Å². The molecule has 2 aliphatic rings. The number of nitrogens with one attached hydrogen (secondary N) is 1. The van der Waals surface area contributed by atoms with Gasteiger partial charge >= 0.3 is 0 Å². The minimum Gasteiger partial charge on any atom is -0.370 e. The maximum Gasteiger partial charge on any atom is 0.230 e. The zero-order valence-corrected chi connectivity index (χ0v) is 11.4. The largest absolute Gasteiger partial charge is 0.370 e. The van der Waals surface area contributed by atoms with E-state index in [2.05, 4.69) is 10.3 Å². The van der Waals surface area contributed by atoms with Crippen molar-refractivity contribution in [2.75, 3.05) is 20.6 Å². The van der Waals surface area contributed by atoms with Gasteiger partial charge in [0.2, 0.25) is 5.91 Å². The maximum atomic E-state index is 12.3. The molecule has 2 fully saturated rings. The van der Waals surface area contributed by atoms with Crippen LogP contribution in [0.3, 0.4) is 0 Å². The first-order chi connectivity index (χ1) is 8.53. The monoisotopic (exact) mass is 252 g/mol. The molecule has 0 bridgehead atoms. The average Bonchev–Trinajstić information content (AvgIpc) is 3.01. The van der Waals surface area contributed by atoms with E-state index in [0.29, 0.717) is 18.5 Å². The van der Waals surface area contributed by atoms with Gasteiger partial charge in [-0.05, 0) is 25.7 Å². The molecule has 0 aromatic carbocycles. The lowest BCUT2D eigenvalue weighted by Crippen LogP contribution is -2.42. The second kappa shape index (κ2) is 5.16. The molecule has 0 aromatic rings. The Balaban J connectivity index is 1.99. The molecule has 18 heavy (non-hydrogen) atoms. The van der Waals surface area contributed by atoms with Crippen LogP contribution < -0.4 is 11.1 Å². The molecule has 2 aliphatic carbocycles. The fraction of sp³-hybridized carbons (Fsp3) is 0.846. The predicted molar refractivity (Wildman–Crippen MR) is 72.2 cm³/mol. The Hall–Kier alpha value is -1.26. The van der Waals surface area contributed by atoms with Crippen molar-refractivity contribution < 1.29 is 4.79 Å². The molecule has 0 unspecified atom stereocenters. The smallest absolute Gasteiger partial charge is 0.230 e. The first kappa shape index (κ1) is 13.2. The van der Waals surface area contributed by atoms with E-state index in [4.69, 9.17) is 5.73 Å². The van der Waals surface area contributed by atoms with E-state index in [9.17, 15) is 4.79 Å². The molecule has 5 heteroatoms. The second-order valence-electron chi connectivity index (χ2n) is 5.81. The number of hydrogen-bond donors (Lipinski definition) is 2. The Morgan fingerprint density at radius 3 is 2.50 bits per heavy atom. The molecule has 2 saturated carbocycles. The van der Waals surface area contributed by atoms with Crippen LogP contribution in [-0.4, -0.2) is 43.4 Å². The molecule has 3 N–H and O–H groups in total. The third kappa shape index (κ3) is 2.94. The first-order valence-electron chi connectivity index (χ1n) is 6.82. The zero-order chi connectivity index (χ0) is 13.2. The van der Waals surface area contributed by atoms with Crippen molar-refractivity contribution in [1.82, 2.24) is 10.2 Å². The summed E-state index contributed by atoms with van der Waals surface area (Å²) in [5, 5.41) is 3.17.